The van der Waals surface area contributed by atoms with Crippen LogP contribution in [0.4, 0.5) is 11.8 Å². The first-order valence-electron chi connectivity index (χ1n) is 10.0. The van der Waals surface area contributed by atoms with Crippen LogP contribution in [0.3, 0.4) is 0 Å². The van der Waals surface area contributed by atoms with E-state index in [2.05, 4.69) is 15.5 Å². The molecule has 2 aliphatic heterocycles. The van der Waals surface area contributed by atoms with Gasteiger partial charge in [0.05, 0.1) is 5.69 Å². The molecule has 4 rings (SSSR count). The summed E-state index contributed by atoms with van der Waals surface area (Å²) in [6.45, 7) is 4.49. The smallest absolute Gasteiger partial charge is 0.225 e. The lowest BCUT2D eigenvalue weighted by Gasteiger charge is -2.29. The maximum absolute atomic E-state index is 5.02. The first-order valence-corrected chi connectivity index (χ1v) is 10.0. The molecule has 2 fully saturated rings. The molecular formula is C19H31N5. The molecule has 0 aromatic carbocycles. The molecule has 0 radical (unpaired) electrons. The normalized spacial score (nSPS) is 25.0. The minimum absolute atomic E-state index is 0.470. The van der Waals surface area contributed by atoms with Crippen LogP contribution in [0.5, 0.6) is 0 Å². The summed E-state index contributed by atoms with van der Waals surface area (Å²) in [5, 5.41) is 7.09. The molecular weight excluding hydrogens is 298 g/mol. The van der Waals surface area contributed by atoms with Crippen molar-refractivity contribution in [3.05, 3.63) is 11.3 Å². The highest BCUT2D eigenvalue weighted by atomic mass is 15.2. The highest BCUT2D eigenvalue weighted by Crippen LogP contribution is 2.30. The summed E-state index contributed by atoms with van der Waals surface area (Å²) < 4.78 is 0. The van der Waals surface area contributed by atoms with E-state index < -0.39 is 0 Å². The van der Waals surface area contributed by atoms with Crippen LogP contribution in [0.25, 0.3) is 0 Å². The van der Waals surface area contributed by atoms with Crippen LogP contribution in [-0.4, -0.2) is 42.2 Å². The maximum atomic E-state index is 5.02. The number of anilines is 2. The third kappa shape index (κ3) is 3.66. The van der Waals surface area contributed by atoms with E-state index in [1.54, 1.807) is 0 Å². The van der Waals surface area contributed by atoms with Gasteiger partial charge in [-0.25, -0.2) is 4.98 Å². The SMILES string of the molecule is C1CCCN(c2nc(N[C@H]3CCCNC3)nc3c2CCCC3)CC1. The Morgan fingerprint density at radius 3 is 2.54 bits per heavy atom. The van der Waals surface area contributed by atoms with Crippen molar-refractivity contribution in [2.45, 2.75) is 70.3 Å². The van der Waals surface area contributed by atoms with Gasteiger partial charge in [-0.1, -0.05) is 12.8 Å². The van der Waals surface area contributed by atoms with Gasteiger partial charge < -0.3 is 15.5 Å². The summed E-state index contributed by atoms with van der Waals surface area (Å²) in [6.07, 6.45) is 12.6. The second kappa shape index (κ2) is 7.68. The summed E-state index contributed by atoms with van der Waals surface area (Å²) in [5.74, 6) is 2.11. The monoisotopic (exact) mass is 329 g/mol. The number of hydrogen-bond acceptors (Lipinski definition) is 5. The van der Waals surface area contributed by atoms with E-state index in [1.807, 2.05) is 0 Å². The molecule has 1 aromatic rings. The largest absolute Gasteiger partial charge is 0.356 e. The molecule has 3 heterocycles. The second-order valence-electron chi connectivity index (χ2n) is 7.59. The summed E-state index contributed by atoms with van der Waals surface area (Å²) in [5.41, 5.74) is 2.75. The van der Waals surface area contributed by atoms with E-state index in [-0.39, 0.29) is 0 Å². The Bertz CT molecular complexity index is 545. The lowest BCUT2D eigenvalue weighted by Crippen LogP contribution is -2.39. The van der Waals surface area contributed by atoms with Crippen molar-refractivity contribution >= 4 is 11.8 Å². The zero-order valence-electron chi connectivity index (χ0n) is 14.8. The predicted octanol–water partition coefficient (Wildman–Crippen LogP) is 2.90. The van der Waals surface area contributed by atoms with Gasteiger partial charge in [-0.15, -0.1) is 0 Å². The zero-order chi connectivity index (χ0) is 16.2. The summed E-state index contributed by atoms with van der Waals surface area (Å²) in [4.78, 5) is 12.5. The molecule has 5 nitrogen and oxygen atoms in total. The van der Waals surface area contributed by atoms with Crippen molar-refractivity contribution in [2.24, 2.45) is 0 Å². The van der Waals surface area contributed by atoms with Gasteiger partial charge in [-0.3, -0.25) is 0 Å². The molecule has 0 bridgehead atoms. The van der Waals surface area contributed by atoms with Gasteiger partial charge in [0.25, 0.3) is 0 Å². The Hall–Kier alpha value is -1.36. The Labute approximate surface area is 145 Å². The van der Waals surface area contributed by atoms with Crippen molar-refractivity contribution in [2.75, 3.05) is 36.4 Å². The van der Waals surface area contributed by atoms with Crippen molar-refractivity contribution in [3.63, 3.8) is 0 Å². The minimum atomic E-state index is 0.470. The average Bonchev–Trinajstić information content (AvgIpc) is 2.91. The average molecular weight is 329 g/mol. The fraction of sp³-hybridized carbons (Fsp3) is 0.789. The standard InChI is InChI=1S/C19H31N5/c1-2-6-13-24(12-5-1)18-16-9-3-4-10-17(16)22-19(23-18)21-15-8-7-11-20-14-15/h15,20H,1-14H2,(H,21,22,23)/t15-/m0/s1. The van der Waals surface area contributed by atoms with Gasteiger partial charge in [-0.2, -0.15) is 4.98 Å². The molecule has 3 aliphatic rings. The van der Waals surface area contributed by atoms with Crippen molar-refractivity contribution in [1.82, 2.24) is 15.3 Å². The van der Waals surface area contributed by atoms with Crippen LogP contribution < -0.4 is 15.5 Å². The number of aromatic nitrogens is 2. The molecule has 0 unspecified atom stereocenters. The Morgan fingerprint density at radius 1 is 0.917 bits per heavy atom. The molecule has 0 spiro atoms. The summed E-state index contributed by atoms with van der Waals surface area (Å²) in [6, 6.07) is 0.470. The highest BCUT2D eigenvalue weighted by Gasteiger charge is 2.23. The van der Waals surface area contributed by atoms with E-state index in [0.717, 1.165) is 45.0 Å². The maximum Gasteiger partial charge on any atom is 0.225 e. The predicted molar refractivity (Wildman–Crippen MR) is 98.9 cm³/mol. The molecule has 2 N–H and O–H groups in total. The van der Waals surface area contributed by atoms with Crippen LogP contribution in [0, 0.1) is 0 Å². The number of piperidine rings is 1. The van der Waals surface area contributed by atoms with Crippen LogP contribution in [0.2, 0.25) is 0 Å². The minimum Gasteiger partial charge on any atom is -0.356 e. The highest BCUT2D eigenvalue weighted by molar-refractivity contribution is 5.54. The van der Waals surface area contributed by atoms with Crippen LogP contribution in [-0.2, 0) is 12.8 Å². The van der Waals surface area contributed by atoms with Gasteiger partial charge in [0.2, 0.25) is 5.95 Å². The molecule has 132 valence electrons. The van der Waals surface area contributed by atoms with Gasteiger partial charge in [0.1, 0.15) is 5.82 Å². The number of hydrogen-bond donors (Lipinski definition) is 2. The fourth-order valence-corrected chi connectivity index (χ4v) is 4.34. The summed E-state index contributed by atoms with van der Waals surface area (Å²) >= 11 is 0. The molecule has 1 atom stereocenters. The quantitative estimate of drug-likeness (QED) is 0.893. The molecule has 24 heavy (non-hydrogen) atoms. The number of nitrogens with zero attached hydrogens (tertiary/aromatic N) is 3. The fourth-order valence-electron chi connectivity index (χ4n) is 4.34. The van der Waals surface area contributed by atoms with E-state index >= 15 is 0 Å². The van der Waals surface area contributed by atoms with Crippen LogP contribution >= 0.6 is 0 Å². The number of fused-ring (bicyclic) bond motifs is 1. The third-order valence-corrected chi connectivity index (χ3v) is 5.70. The van der Waals surface area contributed by atoms with Crippen LogP contribution in [0.1, 0.15) is 62.6 Å². The lowest BCUT2D eigenvalue weighted by molar-refractivity contribution is 0.477. The van der Waals surface area contributed by atoms with Gasteiger partial charge in [0, 0.05) is 31.2 Å². The number of aryl methyl sites for hydroxylation is 1. The van der Waals surface area contributed by atoms with Gasteiger partial charge >= 0.3 is 0 Å². The topological polar surface area (TPSA) is 53.1 Å². The zero-order valence-corrected chi connectivity index (χ0v) is 14.8. The molecule has 1 aliphatic carbocycles. The van der Waals surface area contributed by atoms with E-state index in [4.69, 9.17) is 9.97 Å². The van der Waals surface area contributed by atoms with Crippen molar-refractivity contribution in [1.29, 1.82) is 0 Å². The van der Waals surface area contributed by atoms with Crippen molar-refractivity contribution < 1.29 is 0 Å². The molecule has 1 aromatic heterocycles. The second-order valence-corrected chi connectivity index (χ2v) is 7.59. The van der Waals surface area contributed by atoms with Crippen molar-refractivity contribution in [3.8, 4) is 0 Å². The summed E-state index contributed by atoms with van der Waals surface area (Å²) in [7, 11) is 0. The molecule has 0 saturated carbocycles. The Morgan fingerprint density at radius 2 is 1.75 bits per heavy atom. The Kier molecular flexibility index (Phi) is 5.16. The number of nitrogens with one attached hydrogen (secondary N) is 2. The Balaban J connectivity index is 1.61. The molecule has 5 heteroatoms. The van der Waals surface area contributed by atoms with E-state index in [0.29, 0.717) is 6.04 Å². The third-order valence-electron chi connectivity index (χ3n) is 5.70. The van der Waals surface area contributed by atoms with Gasteiger partial charge in [0.15, 0.2) is 0 Å². The lowest BCUT2D eigenvalue weighted by atomic mass is 9.96. The number of rotatable bonds is 3. The first kappa shape index (κ1) is 16.1. The van der Waals surface area contributed by atoms with E-state index in [1.165, 1.54) is 68.4 Å². The molecule has 0 amide bonds. The van der Waals surface area contributed by atoms with Gasteiger partial charge in [-0.05, 0) is 57.9 Å². The molecule has 2 saturated heterocycles. The van der Waals surface area contributed by atoms with E-state index in [9.17, 15) is 0 Å². The van der Waals surface area contributed by atoms with Crippen LogP contribution in [0.15, 0.2) is 0 Å². The first-order chi connectivity index (χ1) is 11.9.